The highest BCUT2D eigenvalue weighted by molar-refractivity contribution is 7.99. The van der Waals surface area contributed by atoms with E-state index in [0.717, 1.165) is 22.3 Å². The lowest BCUT2D eigenvalue weighted by molar-refractivity contribution is -0.139. The van der Waals surface area contributed by atoms with Crippen molar-refractivity contribution in [2.45, 2.75) is 38.6 Å². The molecule has 0 aliphatic heterocycles. The van der Waals surface area contributed by atoms with Crippen LogP contribution in [0.25, 0.3) is 0 Å². The smallest absolute Gasteiger partial charge is 0.243 e. The second kappa shape index (κ2) is 13.6. The summed E-state index contributed by atoms with van der Waals surface area (Å²) in [5, 5.41) is 3.93. The Morgan fingerprint density at radius 3 is 2.34 bits per heavy atom. The molecule has 0 heterocycles. The number of halogens is 2. The summed E-state index contributed by atoms with van der Waals surface area (Å²) in [5.74, 6) is 0.639. The van der Waals surface area contributed by atoms with E-state index >= 15 is 0 Å². The summed E-state index contributed by atoms with van der Waals surface area (Å²) in [6, 6.07) is 22.7. The van der Waals surface area contributed by atoms with Crippen LogP contribution >= 0.6 is 35.0 Å². The molecule has 1 atom stereocenters. The van der Waals surface area contributed by atoms with Crippen molar-refractivity contribution in [2.24, 2.45) is 0 Å². The van der Waals surface area contributed by atoms with Gasteiger partial charge < -0.3 is 10.2 Å². The van der Waals surface area contributed by atoms with E-state index in [0.29, 0.717) is 35.3 Å². The molecule has 0 fully saturated rings. The van der Waals surface area contributed by atoms with Crippen molar-refractivity contribution in [3.05, 3.63) is 105 Å². The molecule has 0 bridgehead atoms. The molecule has 7 heteroatoms. The molecule has 3 aromatic carbocycles. The predicted molar refractivity (Wildman–Crippen MR) is 147 cm³/mol. The highest BCUT2D eigenvalue weighted by atomic mass is 35.5. The van der Waals surface area contributed by atoms with E-state index in [1.54, 1.807) is 11.0 Å². The minimum atomic E-state index is -0.616. The summed E-state index contributed by atoms with van der Waals surface area (Å²) < 4.78 is 0. The van der Waals surface area contributed by atoms with Gasteiger partial charge in [0.15, 0.2) is 0 Å². The SMILES string of the molecule is CCNC(=O)[C@@H](Cc1ccccc1)N(Cc1ccccc1C)C(=O)CSCc1ccc(Cl)c(Cl)c1. The van der Waals surface area contributed by atoms with E-state index in [4.69, 9.17) is 23.2 Å². The highest BCUT2D eigenvalue weighted by Crippen LogP contribution is 2.25. The zero-order valence-corrected chi connectivity index (χ0v) is 22.3. The van der Waals surface area contributed by atoms with E-state index in [9.17, 15) is 9.59 Å². The van der Waals surface area contributed by atoms with Crippen LogP contribution in [0.15, 0.2) is 72.8 Å². The third-order valence-electron chi connectivity index (χ3n) is 5.70. The maximum absolute atomic E-state index is 13.6. The Labute approximate surface area is 222 Å². The van der Waals surface area contributed by atoms with Crippen LogP contribution in [0.3, 0.4) is 0 Å². The molecule has 0 radical (unpaired) electrons. The lowest BCUT2D eigenvalue weighted by atomic mass is 10.0. The first-order valence-electron chi connectivity index (χ1n) is 11.6. The number of carbonyl (C=O) groups excluding carboxylic acids is 2. The molecule has 1 N–H and O–H groups in total. The van der Waals surface area contributed by atoms with Gasteiger partial charge in [-0.25, -0.2) is 0 Å². The molecule has 4 nitrogen and oxygen atoms in total. The first-order chi connectivity index (χ1) is 16.9. The van der Waals surface area contributed by atoms with Crippen LogP contribution in [0.5, 0.6) is 0 Å². The van der Waals surface area contributed by atoms with Gasteiger partial charge in [0, 0.05) is 25.3 Å². The van der Waals surface area contributed by atoms with Gasteiger partial charge in [-0.2, -0.15) is 0 Å². The average Bonchev–Trinajstić information content (AvgIpc) is 2.85. The van der Waals surface area contributed by atoms with Crippen molar-refractivity contribution in [1.29, 1.82) is 0 Å². The third kappa shape index (κ3) is 8.03. The van der Waals surface area contributed by atoms with Crippen LogP contribution in [0.4, 0.5) is 0 Å². The third-order valence-corrected chi connectivity index (χ3v) is 7.43. The van der Waals surface area contributed by atoms with Crippen molar-refractivity contribution < 1.29 is 9.59 Å². The summed E-state index contributed by atoms with van der Waals surface area (Å²) >= 11 is 13.6. The van der Waals surface area contributed by atoms with Gasteiger partial charge in [0.05, 0.1) is 15.8 Å². The van der Waals surface area contributed by atoms with Gasteiger partial charge >= 0.3 is 0 Å². The summed E-state index contributed by atoms with van der Waals surface area (Å²) in [5.41, 5.74) is 4.11. The molecule has 184 valence electrons. The molecule has 35 heavy (non-hydrogen) atoms. The zero-order chi connectivity index (χ0) is 25.2. The number of hydrogen-bond acceptors (Lipinski definition) is 3. The summed E-state index contributed by atoms with van der Waals surface area (Å²) in [6.45, 7) is 4.78. The van der Waals surface area contributed by atoms with Crippen LogP contribution < -0.4 is 5.32 Å². The summed E-state index contributed by atoms with van der Waals surface area (Å²) in [6.07, 6.45) is 0.446. The van der Waals surface area contributed by atoms with Gasteiger partial charge in [-0.15, -0.1) is 11.8 Å². The average molecular weight is 530 g/mol. The Balaban J connectivity index is 1.83. The standard InChI is InChI=1S/C28H30Cl2N2O2S/c1-3-31-28(34)26(16-21-10-5-4-6-11-21)32(17-23-12-8-7-9-20(23)2)27(33)19-35-18-22-13-14-24(29)25(30)15-22/h4-15,26H,3,16-19H2,1-2H3,(H,31,34)/t26-/m1/s1. The molecule has 0 aliphatic rings. The largest absolute Gasteiger partial charge is 0.355 e. The summed E-state index contributed by atoms with van der Waals surface area (Å²) in [4.78, 5) is 28.5. The van der Waals surface area contributed by atoms with Crippen LogP contribution in [-0.2, 0) is 28.3 Å². The predicted octanol–water partition coefficient (Wildman–Crippen LogP) is 6.31. The number of thioether (sulfide) groups is 1. The van der Waals surface area contributed by atoms with Crippen molar-refractivity contribution in [1.82, 2.24) is 10.2 Å². The van der Waals surface area contributed by atoms with Crippen molar-refractivity contribution in [3.8, 4) is 0 Å². The Kier molecular flexibility index (Phi) is 10.5. The minimum absolute atomic E-state index is 0.0782. The lowest BCUT2D eigenvalue weighted by Gasteiger charge is -2.32. The van der Waals surface area contributed by atoms with Gasteiger partial charge in [-0.1, -0.05) is 83.9 Å². The van der Waals surface area contributed by atoms with E-state index < -0.39 is 6.04 Å². The van der Waals surface area contributed by atoms with Crippen LogP contribution in [-0.4, -0.2) is 35.1 Å². The fourth-order valence-corrected chi connectivity index (χ4v) is 4.96. The number of likely N-dealkylation sites (N-methyl/N-ethyl adjacent to an activating group) is 1. The van der Waals surface area contributed by atoms with Gasteiger partial charge in [0.25, 0.3) is 0 Å². The molecule has 0 unspecified atom stereocenters. The Hall–Kier alpha value is -2.47. The van der Waals surface area contributed by atoms with Crippen molar-refractivity contribution in [2.75, 3.05) is 12.3 Å². The maximum Gasteiger partial charge on any atom is 0.243 e. The van der Waals surface area contributed by atoms with Crippen LogP contribution in [0.1, 0.15) is 29.2 Å². The Morgan fingerprint density at radius 1 is 0.943 bits per heavy atom. The minimum Gasteiger partial charge on any atom is -0.355 e. The maximum atomic E-state index is 13.6. The number of aryl methyl sites for hydroxylation is 1. The van der Waals surface area contributed by atoms with E-state index in [2.05, 4.69) is 5.32 Å². The van der Waals surface area contributed by atoms with Crippen molar-refractivity contribution >= 4 is 46.8 Å². The van der Waals surface area contributed by atoms with Crippen LogP contribution in [0.2, 0.25) is 10.0 Å². The number of carbonyl (C=O) groups is 2. The topological polar surface area (TPSA) is 49.4 Å². The number of amides is 2. The number of hydrogen-bond donors (Lipinski definition) is 1. The Morgan fingerprint density at radius 2 is 1.66 bits per heavy atom. The molecule has 2 amide bonds. The fourth-order valence-electron chi connectivity index (χ4n) is 3.79. The number of benzene rings is 3. The molecule has 0 saturated heterocycles. The van der Waals surface area contributed by atoms with Gasteiger partial charge in [-0.3, -0.25) is 9.59 Å². The molecule has 0 aromatic heterocycles. The molecule has 0 saturated carbocycles. The monoisotopic (exact) mass is 528 g/mol. The summed E-state index contributed by atoms with van der Waals surface area (Å²) in [7, 11) is 0. The highest BCUT2D eigenvalue weighted by Gasteiger charge is 2.30. The van der Waals surface area contributed by atoms with Gasteiger partial charge in [0.1, 0.15) is 6.04 Å². The molecule has 0 aliphatic carbocycles. The quantitative estimate of drug-likeness (QED) is 0.317. The first kappa shape index (κ1) is 27.1. The zero-order valence-electron chi connectivity index (χ0n) is 20.0. The lowest BCUT2D eigenvalue weighted by Crippen LogP contribution is -2.51. The van der Waals surface area contributed by atoms with E-state index in [1.807, 2.05) is 80.6 Å². The van der Waals surface area contributed by atoms with Crippen molar-refractivity contribution in [3.63, 3.8) is 0 Å². The second-order valence-corrected chi connectivity index (χ2v) is 10.1. The molecule has 0 spiro atoms. The fraction of sp³-hybridized carbons (Fsp3) is 0.286. The van der Waals surface area contributed by atoms with E-state index in [1.165, 1.54) is 11.8 Å². The normalized spacial score (nSPS) is 11.7. The number of rotatable bonds is 11. The number of nitrogens with one attached hydrogen (secondary N) is 1. The molecule has 3 aromatic rings. The van der Waals surface area contributed by atoms with Gasteiger partial charge in [-0.05, 0) is 48.2 Å². The first-order valence-corrected chi connectivity index (χ1v) is 13.5. The number of nitrogens with zero attached hydrogens (tertiary/aromatic N) is 1. The molecular weight excluding hydrogens is 499 g/mol. The Bertz CT molecular complexity index is 1140. The van der Waals surface area contributed by atoms with Crippen LogP contribution in [0, 0.1) is 6.92 Å². The van der Waals surface area contributed by atoms with Gasteiger partial charge in [0.2, 0.25) is 11.8 Å². The molecular formula is C28H30Cl2N2O2S. The second-order valence-electron chi connectivity index (χ2n) is 8.29. The van der Waals surface area contributed by atoms with E-state index in [-0.39, 0.29) is 17.6 Å². The molecule has 3 rings (SSSR count).